The summed E-state index contributed by atoms with van der Waals surface area (Å²) in [5.41, 5.74) is 1.45. The van der Waals surface area contributed by atoms with Crippen LogP contribution in [-0.4, -0.2) is 41.2 Å². The molecule has 1 N–H and O–H groups in total. The van der Waals surface area contributed by atoms with Gasteiger partial charge in [0, 0.05) is 50.5 Å². The molecule has 25 heavy (non-hydrogen) atoms. The first-order valence-electron chi connectivity index (χ1n) is 8.15. The molecule has 0 spiro atoms. The van der Waals surface area contributed by atoms with Crippen molar-refractivity contribution >= 4 is 23.2 Å². The molecule has 0 unspecified atom stereocenters. The quantitative estimate of drug-likeness (QED) is 0.897. The van der Waals surface area contributed by atoms with E-state index in [2.05, 4.69) is 15.2 Å². The van der Waals surface area contributed by atoms with E-state index < -0.39 is 23.3 Å². The number of carbonyl (C=O) groups excluding carboxylic acids is 1. The number of nitrogens with one attached hydrogen (secondary N) is 1. The van der Waals surface area contributed by atoms with Crippen LogP contribution in [0.2, 0.25) is 0 Å². The molecule has 0 aliphatic carbocycles. The Kier molecular flexibility index (Phi) is 4.16. The highest BCUT2D eigenvalue weighted by molar-refractivity contribution is 7.13. The second-order valence-electron chi connectivity index (χ2n) is 6.48. The molecule has 4 heterocycles. The number of ether oxygens (including phenoxy) is 1. The van der Waals surface area contributed by atoms with Crippen LogP contribution in [0, 0.1) is 11.6 Å². The third-order valence-corrected chi connectivity index (χ3v) is 5.75. The van der Waals surface area contributed by atoms with E-state index in [0.717, 1.165) is 45.0 Å². The molecule has 1 aromatic heterocycles. The number of hydrogen-bond donors (Lipinski definition) is 1. The molecule has 8 heteroatoms. The third kappa shape index (κ3) is 3.36. The van der Waals surface area contributed by atoms with E-state index in [0.29, 0.717) is 10.4 Å². The zero-order valence-electron chi connectivity index (χ0n) is 13.4. The topological polar surface area (TPSA) is 54.5 Å². The molecule has 5 rings (SSSR count). The second kappa shape index (κ2) is 6.34. The Morgan fingerprint density at radius 2 is 1.80 bits per heavy atom. The number of carbonyl (C=O) groups is 1. The van der Waals surface area contributed by atoms with Gasteiger partial charge in [0.2, 0.25) is 0 Å². The van der Waals surface area contributed by atoms with Gasteiger partial charge in [0.15, 0.2) is 5.82 Å². The number of anilines is 1. The summed E-state index contributed by atoms with van der Waals surface area (Å²) in [6, 6.07) is 3.23. The monoisotopic (exact) mass is 365 g/mol. The zero-order chi connectivity index (χ0) is 17.4. The van der Waals surface area contributed by atoms with Crippen molar-refractivity contribution in [2.24, 2.45) is 0 Å². The number of piperidine rings is 3. The van der Waals surface area contributed by atoms with Crippen LogP contribution in [0.4, 0.5) is 19.4 Å². The van der Waals surface area contributed by atoms with Crippen molar-refractivity contribution in [2.45, 2.75) is 24.9 Å². The Hall–Kier alpha value is -2.06. The molecule has 3 saturated heterocycles. The maximum absolute atomic E-state index is 13.5. The summed E-state index contributed by atoms with van der Waals surface area (Å²) >= 11 is 1.20. The predicted octanol–water partition coefficient (Wildman–Crippen LogP) is 3.88. The first kappa shape index (κ1) is 16.4. The van der Waals surface area contributed by atoms with E-state index in [1.54, 1.807) is 0 Å². The number of fused-ring (bicyclic) bond motifs is 3. The van der Waals surface area contributed by atoms with Gasteiger partial charge in [0.1, 0.15) is 17.2 Å². The Balaban J connectivity index is 1.50. The minimum absolute atomic E-state index is 0.254. The average molecular weight is 365 g/mol. The lowest BCUT2D eigenvalue weighted by Crippen LogP contribution is -2.54. The van der Waals surface area contributed by atoms with Gasteiger partial charge in [-0.1, -0.05) is 0 Å². The van der Waals surface area contributed by atoms with Crippen molar-refractivity contribution in [3.8, 4) is 10.4 Å². The lowest BCUT2D eigenvalue weighted by atomic mass is 9.83. The number of halogens is 2. The van der Waals surface area contributed by atoms with E-state index in [1.807, 2.05) is 0 Å². The normalized spacial score (nSPS) is 25.0. The van der Waals surface area contributed by atoms with Gasteiger partial charge in [0.25, 0.3) is 0 Å². The van der Waals surface area contributed by atoms with Gasteiger partial charge in [-0.15, -0.1) is 11.3 Å². The number of thiazole rings is 1. The minimum atomic E-state index is -0.676. The number of rotatable bonds is 3. The molecule has 2 aromatic rings. The van der Waals surface area contributed by atoms with Crippen molar-refractivity contribution in [2.75, 3.05) is 25.0 Å². The number of hydrogen-bond acceptors (Lipinski definition) is 5. The Labute approximate surface area is 147 Å². The highest BCUT2D eigenvalue weighted by atomic mass is 32.1. The van der Waals surface area contributed by atoms with Crippen LogP contribution < -0.4 is 5.32 Å². The van der Waals surface area contributed by atoms with Crippen LogP contribution in [0.15, 0.2) is 23.7 Å². The maximum Gasteiger partial charge on any atom is 0.413 e. The SMILES string of the molecule is O=C(Nc1ncsc1-c1cc(F)cc(F)c1)OC12CCN(CC1)CC2. The standard InChI is InChI=1S/C17H17F2N3O2S/c18-12-7-11(8-13(19)9-12)14-15(20-10-25-14)21-16(23)24-17-1-4-22(5-2-17)6-3-17/h7-10H,1-6H2,(H,21,23). The van der Waals surface area contributed by atoms with Gasteiger partial charge in [-0.2, -0.15) is 0 Å². The lowest BCUT2D eigenvalue weighted by molar-refractivity contribution is -0.0742. The van der Waals surface area contributed by atoms with E-state index >= 15 is 0 Å². The molecular formula is C17H17F2N3O2S. The summed E-state index contributed by atoms with van der Waals surface area (Å²) in [6.07, 6.45) is 1.93. The lowest BCUT2D eigenvalue weighted by Gasteiger charge is -2.47. The molecule has 5 nitrogen and oxygen atoms in total. The van der Waals surface area contributed by atoms with Gasteiger partial charge in [-0.25, -0.2) is 18.6 Å². The number of nitrogens with zero attached hydrogens (tertiary/aromatic N) is 2. The summed E-state index contributed by atoms with van der Waals surface area (Å²) in [4.78, 5) is 19.3. The Morgan fingerprint density at radius 1 is 1.16 bits per heavy atom. The van der Waals surface area contributed by atoms with Crippen molar-refractivity contribution in [3.05, 3.63) is 35.3 Å². The van der Waals surface area contributed by atoms with Crippen molar-refractivity contribution in [3.63, 3.8) is 0 Å². The molecule has 0 atom stereocenters. The summed E-state index contributed by atoms with van der Waals surface area (Å²) in [5.74, 6) is -1.10. The van der Waals surface area contributed by atoms with Crippen LogP contribution in [0.3, 0.4) is 0 Å². The number of benzene rings is 1. The fraction of sp³-hybridized carbons (Fsp3) is 0.412. The summed E-state index contributed by atoms with van der Waals surface area (Å²) in [5, 5.41) is 2.63. The molecule has 3 aliphatic rings. The first-order chi connectivity index (χ1) is 12.0. The second-order valence-corrected chi connectivity index (χ2v) is 7.33. The number of aromatic nitrogens is 1. The molecule has 132 valence electrons. The Morgan fingerprint density at radius 3 is 2.44 bits per heavy atom. The van der Waals surface area contributed by atoms with Crippen molar-refractivity contribution in [1.82, 2.24) is 9.88 Å². The Bertz CT molecular complexity index is 769. The molecule has 3 fully saturated rings. The molecule has 1 aromatic carbocycles. The maximum atomic E-state index is 13.5. The van der Waals surface area contributed by atoms with E-state index in [4.69, 9.17) is 4.74 Å². The van der Waals surface area contributed by atoms with Crippen LogP contribution in [0.25, 0.3) is 10.4 Å². The van der Waals surface area contributed by atoms with Gasteiger partial charge >= 0.3 is 6.09 Å². The van der Waals surface area contributed by atoms with Crippen LogP contribution >= 0.6 is 11.3 Å². The first-order valence-corrected chi connectivity index (χ1v) is 9.03. The largest absolute Gasteiger partial charge is 0.443 e. The van der Waals surface area contributed by atoms with Gasteiger partial charge in [-0.3, -0.25) is 5.32 Å². The third-order valence-electron chi connectivity index (χ3n) is 4.87. The van der Waals surface area contributed by atoms with Gasteiger partial charge in [-0.05, 0) is 12.1 Å². The minimum Gasteiger partial charge on any atom is -0.443 e. The summed E-state index contributed by atoms with van der Waals surface area (Å²) in [7, 11) is 0. The van der Waals surface area contributed by atoms with Crippen LogP contribution in [0.1, 0.15) is 19.3 Å². The molecule has 1 amide bonds. The number of amides is 1. The molecule has 2 bridgehead atoms. The molecular weight excluding hydrogens is 348 g/mol. The highest BCUT2D eigenvalue weighted by Gasteiger charge is 2.42. The summed E-state index contributed by atoms with van der Waals surface area (Å²) < 4.78 is 32.6. The van der Waals surface area contributed by atoms with E-state index in [9.17, 15) is 13.6 Å². The fourth-order valence-electron chi connectivity index (χ4n) is 3.49. The van der Waals surface area contributed by atoms with Gasteiger partial charge < -0.3 is 9.64 Å². The molecule has 3 aliphatic heterocycles. The smallest absolute Gasteiger partial charge is 0.413 e. The van der Waals surface area contributed by atoms with Crippen molar-refractivity contribution in [1.29, 1.82) is 0 Å². The molecule has 0 radical (unpaired) electrons. The van der Waals surface area contributed by atoms with Crippen LogP contribution in [0.5, 0.6) is 0 Å². The summed E-state index contributed by atoms with van der Waals surface area (Å²) in [6.45, 7) is 2.83. The average Bonchev–Trinajstić information content (AvgIpc) is 3.03. The van der Waals surface area contributed by atoms with Gasteiger partial charge in [0.05, 0.1) is 10.4 Å². The van der Waals surface area contributed by atoms with Crippen LogP contribution in [-0.2, 0) is 4.74 Å². The zero-order valence-corrected chi connectivity index (χ0v) is 14.2. The predicted molar refractivity (Wildman–Crippen MR) is 90.6 cm³/mol. The fourth-order valence-corrected chi connectivity index (χ4v) is 4.23. The van der Waals surface area contributed by atoms with E-state index in [-0.39, 0.29) is 5.82 Å². The molecule has 0 saturated carbocycles. The highest BCUT2D eigenvalue weighted by Crippen LogP contribution is 2.36. The van der Waals surface area contributed by atoms with E-state index in [1.165, 1.54) is 29.0 Å². The van der Waals surface area contributed by atoms with Crippen molar-refractivity contribution < 1.29 is 18.3 Å².